The van der Waals surface area contributed by atoms with Gasteiger partial charge in [-0.1, -0.05) is 0 Å². The number of anilines is 1. The number of nitrogens with zero attached hydrogens (tertiary/aromatic N) is 6. The summed E-state index contributed by atoms with van der Waals surface area (Å²) in [5.74, 6) is 0.762. The van der Waals surface area contributed by atoms with E-state index in [2.05, 4.69) is 30.9 Å². The molecule has 0 aliphatic heterocycles. The molecule has 26 heavy (non-hydrogen) atoms. The molecule has 3 rings (SSSR count). The highest BCUT2D eigenvalue weighted by Gasteiger charge is 2.12. The molecule has 0 radical (unpaired) electrons. The van der Waals surface area contributed by atoms with Gasteiger partial charge >= 0.3 is 0 Å². The van der Waals surface area contributed by atoms with Crippen LogP contribution in [0, 0.1) is 21.4 Å². The van der Waals surface area contributed by atoms with E-state index in [9.17, 15) is 10.1 Å². The van der Waals surface area contributed by atoms with Crippen molar-refractivity contribution in [2.24, 2.45) is 0 Å². The number of non-ortho nitro benzene ring substituents is 1. The highest BCUT2D eigenvalue weighted by atomic mass is 16.6. The Morgan fingerprint density at radius 2 is 2.27 bits per heavy atom. The predicted molar refractivity (Wildman–Crippen MR) is 88.8 cm³/mol. The van der Waals surface area contributed by atoms with Crippen LogP contribution in [0.1, 0.15) is 5.82 Å². The van der Waals surface area contributed by atoms with Crippen LogP contribution in [0.2, 0.25) is 0 Å². The van der Waals surface area contributed by atoms with Crippen molar-refractivity contribution < 1.29 is 9.66 Å². The number of nitrogens with one attached hydrogen (secondary N) is 2. The number of rotatable bonds is 6. The van der Waals surface area contributed by atoms with Gasteiger partial charge in [0.15, 0.2) is 0 Å². The molecule has 2 N–H and O–H groups in total. The second-order valence-corrected chi connectivity index (χ2v) is 4.81. The molecular formula is C15H10N8O3. The highest BCUT2D eigenvalue weighted by molar-refractivity contribution is 5.74. The number of nitriles is 1. The molecule has 0 saturated carbocycles. The van der Waals surface area contributed by atoms with Crippen LogP contribution in [0.3, 0.4) is 0 Å². The molecule has 0 aliphatic carbocycles. The number of nitro groups is 1. The summed E-state index contributed by atoms with van der Waals surface area (Å²) in [4.78, 5) is 14.5. The summed E-state index contributed by atoms with van der Waals surface area (Å²) in [6.07, 6.45) is 4.38. The number of H-pyrrole nitrogens is 1. The molecule has 0 amide bonds. The standard InChI is InChI=1S/C15H10N8O3/c16-7-10(15-19-21-22-20-15)8-18-11-4-12(23(24)25)6-14(5-11)26-13-2-1-3-17-9-13/h1-6,8-9,18H,(H,19,20,21,22). The van der Waals surface area contributed by atoms with Crippen LogP contribution in [0.5, 0.6) is 11.5 Å². The molecule has 2 heterocycles. The van der Waals surface area contributed by atoms with Crippen molar-refractivity contribution in [3.05, 3.63) is 64.9 Å². The number of benzene rings is 1. The van der Waals surface area contributed by atoms with Gasteiger partial charge in [0.1, 0.15) is 23.1 Å². The van der Waals surface area contributed by atoms with Gasteiger partial charge in [0.05, 0.1) is 17.2 Å². The molecule has 2 aromatic heterocycles. The van der Waals surface area contributed by atoms with Gasteiger partial charge in [-0.15, -0.1) is 10.2 Å². The summed E-state index contributed by atoms with van der Waals surface area (Å²) in [5, 5.41) is 36.1. The first-order valence-electron chi connectivity index (χ1n) is 7.13. The zero-order valence-corrected chi connectivity index (χ0v) is 13.0. The maximum absolute atomic E-state index is 11.1. The Hall–Kier alpha value is -4.33. The first-order valence-corrected chi connectivity index (χ1v) is 7.13. The zero-order valence-electron chi connectivity index (χ0n) is 13.0. The van der Waals surface area contributed by atoms with Gasteiger partial charge in [-0.3, -0.25) is 15.1 Å². The second-order valence-electron chi connectivity index (χ2n) is 4.81. The molecule has 0 unspecified atom stereocenters. The molecule has 0 saturated heterocycles. The lowest BCUT2D eigenvalue weighted by Crippen LogP contribution is -1.96. The van der Waals surface area contributed by atoms with E-state index in [1.165, 1.54) is 24.5 Å². The molecule has 0 bridgehead atoms. The maximum Gasteiger partial charge on any atom is 0.275 e. The molecule has 11 heteroatoms. The molecular weight excluding hydrogens is 340 g/mol. The summed E-state index contributed by atoms with van der Waals surface area (Å²) in [5.41, 5.74) is 0.259. The van der Waals surface area contributed by atoms with E-state index in [-0.39, 0.29) is 22.8 Å². The third-order valence-electron chi connectivity index (χ3n) is 3.06. The first kappa shape index (κ1) is 16.5. The Morgan fingerprint density at radius 1 is 1.38 bits per heavy atom. The molecule has 128 valence electrons. The van der Waals surface area contributed by atoms with Crippen LogP contribution in [0.15, 0.2) is 48.9 Å². The van der Waals surface area contributed by atoms with E-state index in [0.717, 1.165) is 0 Å². The van der Waals surface area contributed by atoms with E-state index in [0.29, 0.717) is 11.4 Å². The number of aromatic nitrogens is 5. The summed E-state index contributed by atoms with van der Waals surface area (Å²) >= 11 is 0. The average molecular weight is 350 g/mol. The normalized spacial score (nSPS) is 10.8. The van der Waals surface area contributed by atoms with E-state index in [4.69, 9.17) is 10.00 Å². The van der Waals surface area contributed by atoms with E-state index in [1.54, 1.807) is 24.4 Å². The molecule has 0 fully saturated rings. The minimum atomic E-state index is -0.546. The summed E-state index contributed by atoms with van der Waals surface area (Å²) < 4.78 is 5.58. The van der Waals surface area contributed by atoms with Gasteiger partial charge in [-0.25, -0.2) is 0 Å². The number of hydrogen-bond acceptors (Lipinski definition) is 9. The lowest BCUT2D eigenvalue weighted by atomic mass is 10.2. The summed E-state index contributed by atoms with van der Waals surface area (Å²) in [6, 6.07) is 9.39. The van der Waals surface area contributed by atoms with Gasteiger partial charge in [-0.2, -0.15) is 10.5 Å². The van der Waals surface area contributed by atoms with Crippen LogP contribution < -0.4 is 10.1 Å². The fourth-order valence-electron chi connectivity index (χ4n) is 1.95. The molecule has 0 spiro atoms. The lowest BCUT2D eigenvalue weighted by molar-refractivity contribution is -0.384. The van der Waals surface area contributed by atoms with E-state index < -0.39 is 4.92 Å². The van der Waals surface area contributed by atoms with Crippen molar-refractivity contribution in [3.63, 3.8) is 0 Å². The Morgan fingerprint density at radius 3 is 2.92 bits per heavy atom. The minimum absolute atomic E-state index is 0.0947. The zero-order chi connectivity index (χ0) is 18.4. The number of ether oxygens (including phenoxy) is 1. The maximum atomic E-state index is 11.1. The highest BCUT2D eigenvalue weighted by Crippen LogP contribution is 2.29. The molecule has 1 aromatic carbocycles. The van der Waals surface area contributed by atoms with Crippen LogP contribution in [0.4, 0.5) is 11.4 Å². The van der Waals surface area contributed by atoms with Crippen molar-refractivity contribution in [2.45, 2.75) is 0 Å². The van der Waals surface area contributed by atoms with E-state index >= 15 is 0 Å². The monoisotopic (exact) mass is 350 g/mol. The number of aromatic amines is 1. The molecule has 3 aromatic rings. The molecule has 0 aliphatic rings. The van der Waals surface area contributed by atoms with Crippen LogP contribution in [0.25, 0.3) is 5.57 Å². The van der Waals surface area contributed by atoms with Crippen LogP contribution in [-0.4, -0.2) is 30.5 Å². The Balaban J connectivity index is 1.89. The van der Waals surface area contributed by atoms with Gasteiger partial charge in [0.25, 0.3) is 5.69 Å². The molecule has 0 atom stereocenters. The van der Waals surface area contributed by atoms with Crippen molar-refractivity contribution in [1.82, 2.24) is 25.6 Å². The fraction of sp³-hybridized carbons (Fsp3) is 0. The lowest BCUT2D eigenvalue weighted by Gasteiger charge is -2.08. The van der Waals surface area contributed by atoms with Gasteiger partial charge in [0, 0.05) is 30.2 Å². The smallest absolute Gasteiger partial charge is 0.275 e. The Labute approximate surface area is 146 Å². The van der Waals surface area contributed by atoms with Gasteiger partial charge in [-0.05, 0) is 17.3 Å². The Kier molecular flexibility index (Phi) is 4.76. The predicted octanol–water partition coefficient (Wildman–Crippen LogP) is 2.27. The summed E-state index contributed by atoms with van der Waals surface area (Å²) in [6.45, 7) is 0. The SMILES string of the molecule is N#CC(=CNc1cc(Oc2cccnc2)cc([N+](=O)[O-])c1)c1nn[nH]n1. The molecule has 11 nitrogen and oxygen atoms in total. The Bertz CT molecular complexity index is 980. The van der Waals surface area contributed by atoms with E-state index in [1.807, 2.05) is 6.07 Å². The minimum Gasteiger partial charge on any atom is -0.455 e. The third-order valence-corrected chi connectivity index (χ3v) is 3.06. The number of allylic oxidation sites excluding steroid dienone is 1. The van der Waals surface area contributed by atoms with Gasteiger partial charge in [0.2, 0.25) is 5.82 Å². The van der Waals surface area contributed by atoms with Crippen molar-refractivity contribution in [2.75, 3.05) is 5.32 Å². The largest absolute Gasteiger partial charge is 0.455 e. The second kappa shape index (κ2) is 7.49. The number of tetrazole rings is 1. The third kappa shape index (κ3) is 3.95. The van der Waals surface area contributed by atoms with Crippen molar-refractivity contribution >= 4 is 16.9 Å². The first-order chi connectivity index (χ1) is 12.7. The van der Waals surface area contributed by atoms with Crippen molar-refractivity contribution in [1.29, 1.82) is 5.26 Å². The summed E-state index contributed by atoms with van der Waals surface area (Å²) in [7, 11) is 0. The van der Waals surface area contributed by atoms with Crippen molar-refractivity contribution in [3.8, 4) is 17.6 Å². The number of nitro benzene ring substituents is 1. The van der Waals surface area contributed by atoms with Crippen LogP contribution >= 0.6 is 0 Å². The number of pyridine rings is 1. The number of hydrogen-bond donors (Lipinski definition) is 2. The van der Waals surface area contributed by atoms with Crippen LogP contribution in [-0.2, 0) is 0 Å². The average Bonchev–Trinajstić information content (AvgIpc) is 3.17. The topological polar surface area (TPSA) is 156 Å². The quantitative estimate of drug-likeness (QED) is 0.386. The fourth-order valence-corrected chi connectivity index (χ4v) is 1.95. The van der Waals surface area contributed by atoms with Gasteiger partial charge < -0.3 is 10.1 Å².